The van der Waals surface area contributed by atoms with Gasteiger partial charge in [0.05, 0.1) is 5.71 Å². The smallest absolute Gasteiger partial charge is 0.142 e. The molecule has 0 radical (unpaired) electrons. The normalized spacial score (nSPS) is 25.6. The van der Waals surface area contributed by atoms with Crippen molar-refractivity contribution in [1.82, 2.24) is 0 Å². The monoisotopic (exact) mass is 191 g/mol. The van der Waals surface area contributed by atoms with E-state index in [0.29, 0.717) is 6.10 Å². The fraction of sp³-hybridized carbons (Fsp3) is 0.833. The van der Waals surface area contributed by atoms with Crippen LogP contribution in [-0.4, -0.2) is 17.1 Å². The van der Waals surface area contributed by atoms with Gasteiger partial charge in [0.2, 0.25) is 0 Å². The molecule has 0 spiro atoms. The lowest BCUT2D eigenvalue weighted by Crippen LogP contribution is -2.07. The number of hydrogen-bond donors (Lipinski definition) is 0. The van der Waals surface area contributed by atoms with Gasteiger partial charge in [-0.1, -0.05) is 28.0 Å². The van der Waals surface area contributed by atoms with Crippen molar-refractivity contribution in [3.05, 3.63) is 0 Å². The maximum absolute atomic E-state index is 5.05. The molecule has 1 heterocycles. The van der Waals surface area contributed by atoms with Gasteiger partial charge in [0, 0.05) is 11.8 Å². The summed E-state index contributed by atoms with van der Waals surface area (Å²) in [6.45, 7) is 2.10. The second kappa shape index (κ2) is 3.20. The summed E-state index contributed by atoms with van der Waals surface area (Å²) in [7, 11) is 0. The van der Waals surface area contributed by atoms with Crippen molar-refractivity contribution in [2.75, 3.05) is 5.33 Å². The van der Waals surface area contributed by atoms with E-state index in [0.717, 1.165) is 18.2 Å². The number of halogens is 1. The highest BCUT2D eigenvalue weighted by molar-refractivity contribution is 9.09. The molecule has 3 heteroatoms. The molecule has 2 nitrogen and oxygen atoms in total. The lowest BCUT2D eigenvalue weighted by molar-refractivity contribution is 0.104. The van der Waals surface area contributed by atoms with Gasteiger partial charge in [0.15, 0.2) is 0 Å². The van der Waals surface area contributed by atoms with Gasteiger partial charge in [-0.2, -0.15) is 0 Å². The van der Waals surface area contributed by atoms with E-state index in [9.17, 15) is 0 Å². The van der Waals surface area contributed by atoms with Gasteiger partial charge < -0.3 is 4.84 Å². The predicted octanol–water partition coefficient (Wildman–Crippen LogP) is 1.94. The molecule has 0 fully saturated rings. The van der Waals surface area contributed by atoms with Crippen LogP contribution in [0.1, 0.15) is 19.8 Å². The van der Waals surface area contributed by atoms with E-state index in [1.807, 2.05) is 0 Å². The molecule has 0 unspecified atom stereocenters. The van der Waals surface area contributed by atoms with E-state index < -0.39 is 0 Å². The Morgan fingerprint density at radius 3 is 3.00 bits per heavy atom. The van der Waals surface area contributed by atoms with Crippen LogP contribution in [0.5, 0.6) is 0 Å². The minimum atomic E-state index is 0.292. The van der Waals surface area contributed by atoms with Gasteiger partial charge in [0.25, 0.3) is 0 Å². The Morgan fingerprint density at radius 2 is 2.67 bits per heavy atom. The zero-order chi connectivity index (χ0) is 6.69. The summed E-state index contributed by atoms with van der Waals surface area (Å²) in [4.78, 5) is 5.05. The number of hydrogen-bond acceptors (Lipinski definition) is 2. The highest BCUT2D eigenvalue weighted by atomic mass is 79.9. The van der Waals surface area contributed by atoms with Crippen LogP contribution in [0.3, 0.4) is 0 Å². The topological polar surface area (TPSA) is 21.6 Å². The second-order valence-corrected chi connectivity index (χ2v) is 2.74. The number of alkyl halides is 1. The third kappa shape index (κ3) is 1.68. The molecule has 0 amide bonds. The van der Waals surface area contributed by atoms with Crippen LogP contribution < -0.4 is 0 Å². The third-order valence-corrected chi connectivity index (χ3v) is 2.10. The van der Waals surface area contributed by atoms with Crippen molar-refractivity contribution in [2.45, 2.75) is 25.9 Å². The zero-order valence-electron chi connectivity index (χ0n) is 5.43. The third-order valence-electron chi connectivity index (χ3n) is 1.37. The van der Waals surface area contributed by atoms with E-state index in [2.05, 4.69) is 28.0 Å². The van der Waals surface area contributed by atoms with E-state index in [1.165, 1.54) is 5.71 Å². The quantitative estimate of drug-likeness (QED) is 0.612. The van der Waals surface area contributed by atoms with Gasteiger partial charge in [0.1, 0.15) is 6.10 Å². The molecule has 0 saturated carbocycles. The summed E-state index contributed by atoms with van der Waals surface area (Å²) in [6, 6.07) is 0. The molecular formula is C6H10BrNO. The molecule has 0 aromatic heterocycles. The first-order valence-electron chi connectivity index (χ1n) is 3.14. The first kappa shape index (κ1) is 7.06. The van der Waals surface area contributed by atoms with Crippen molar-refractivity contribution in [3.63, 3.8) is 0 Å². The Bertz CT molecular complexity index is 124. The Hall–Kier alpha value is -0.0500. The van der Waals surface area contributed by atoms with E-state index in [-0.39, 0.29) is 0 Å². The Labute approximate surface area is 63.4 Å². The first-order valence-corrected chi connectivity index (χ1v) is 4.26. The van der Waals surface area contributed by atoms with Crippen LogP contribution in [0.4, 0.5) is 0 Å². The largest absolute Gasteiger partial charge is 0.391 e. The molecule has 1 atom stereocenters. The van der Waals surface area contributed by atoms with Gasteiger partial charge in [-0.05, 0) is 6.42 Å². The summed E-state index contributed by atoms with van der Waals surface area (Å²) in [5.74, 6) is 0. The van der Waals surface area contributed by atoms with Gasteiger partial charge in [-0.3, -0.25) is 0 Å². The Kier molecular flexibility index (Phi) is 2.51. The molecule has 1 rings (SSSR count). The van der Waals surface area contributed by atoms with E-state index >= 15 is 0 Å². The molecule has 9 heavy (non-hydrogen) atoms. The highest BCUT2D eigenvalue weighted by Crippen LogP contribution is 2.13. The van der Waals surface area contributed by atoms with Crippen LogP contribution in [0, 0.1) is 0 Å². The molecule has 0 aromatic rings. The minimum absolute atomic E-state index is 0.292. The Morgan fingerprint density at radius 1 is 1.89 bits per heavy atom. The molecule has 0 bridgehead atoms. The average Bonchev–Trinajstić information content (AvgIpc) is 2.34. The molecule has 0 N–H and O–H groups in total. The molecule has 0 saturated heterocycles. The van der Waals surface area contributed by atoms with Crippen LogP contribution >= 0.6 is 15.9 Å². The zero-order valence-corrected chi connectivity index (χ0v) is 7.02. The Balaban J connectivity index is 2.31. The van der Waals surface area contributed by atoms with Gasteiger partial charge >= 0.3 is 0 Å². The van der Waals surface area contributed by atoms with Crippen molar-refractivity contribution in [1.29, 1.82) is 0 Å². The SMILES string of the molecule is CCC1=NO[C@@H](CBr)C1. The average molecular weight is 192 g/mol. The van der Waals surface area contributed by atoms with Gasteiger partial charge in [-0.25, -0.2) is 0 Å². The summed E-state index contributed by atoms with van der Waals surface area (Å²) < 4.78 is 0. The number of oxime groups is 1. The highest BCUT2D eigenvalue weighted by Gasteiger charge is 2.17. The molecular weight excluding hydrogens is 182 g/mol. The fourth-order valence-corrected chi connectivity index (χ4v) is 1.13. The van der Waals surface area contributed by atoms with Gasteiger partial charge in [-0.15, -0.1) is 0 Å². The molecule has 1 aliphatic heterocycles. The van der Waals surface area contributed by atoms with E-state index in [1.54, 1.807) is 0 Å². The van der Waals surface area contributed by atoms with Crippen LogP contribution in [0.25, 0.3) is 0 Å². The van der Waals surface area contributed by atoms with Crippen molar-refractivity contribution >= 4 is 21.6 Å². The van der Waals surface area contributed by atoms with Crippen LogP contribution in [0.2, 0.25) is 0 Å². The van der Waals surface area contributed by atoms with Crippen molar-refractivity contribution in [3.8, 4) is 0 Å². The summed E-state index contributed by atoms with van der Waals surface area (Å²) in [6.07, 6.45) is 2.31. The number of rotatable bonds is 2. The first-order chi connectivity index (χ1) is 4.36. The lowest BCUT2D eigenvalue weighted by Gasteiger charge is -1.99. The summed E-state index contributed by atoms with van der Waals surface area (Å²) >= 11 is 3.33. The maximum atomic E-state index is 5.05. The van der Waals surface area contributed by atoms with Crippen LogP contribution in [-0.2, 0) is 4.84 Å². The second-order valence-electron chi connectivity index (χ2n) is 2.10. The molecule has 52 valence electrons. The summed E-state index contributed by atoms with van der Waals surface area (Å²) in [5, 5.41) is 4.78. The predicted molar refractivity (Wildman–Crippen MR) is 41.0 cm³/mol. The van der Waals surface area contributed by atoms with Crippen molar-refractivity contribution < 1.29 is 4.84 Å². The molecule has 0 aliphatic carbocycles. The fourth-order valence-electron chi connectivity index (χ4n) is 0.778. The number of nitrogens with zero attached hydrogens (tertiary/aromatic N) is 1. The standard InChI is InChI=1S/C6H10BrNO/c1-2-5-3-6(4-7)9-8-5/h6H,2-4H2,1H3/t6-/m1/s1. The molecule has 0 aromatic carbocycles. The minimum Gasteiger partial charge on any atom is -0.391 e. The van der Waals surface area contributed by atoms with Crippen LogP contribution in [0.15, 0.2) is 5.16 Å². The van der Waals surface area contributed by atoms with Crippen molar-refractivity contribution in [2.24, 2.45) is 5.16 Å². The maximum Gasteiger partial charge on any atom is 0.142 e. The molecule has 1 aliphatic rings. The summed E-state index contributed by atoms with van der Waals surface area (Å²) in [5.41, 5.74) is 1.18. The van der Waals surface area contributed by atoms with E-state index in [4.69, 9.17) is 4.84 Å². The lowest BCUT2D eigenvalue weighted by atomic mass is 10.2.